The van der Waals surface area contributed by atoms with Crippen LogP contribution in [0.25, 0.3) is 0 Å². The van der Waals surface area contributed by atoms with E-state index < -0.39 is 0 Å². The summed E-state index contributed by atoms with van der Waals surface area (Å²) in [5, 5.41) is 1.99. The molecule has 0 saturated carbocycles. The summed E-state index contributed by atoms with van der Waals surface area (Å²) in [7, 11) is 0. The Hall–Kier alpha value is -0.231. The van der Waals surface area contributed by atoms with Crippen molar-refractivity contribution in [3.63, 3.8) is 0 Å². The molecule has 0 atom stereocenters. The number of hydrogen-bond acceptors (Lipinski definition) is 0. The molecule has 0 nitrogen and oxygen atoms in total. The van der Waals surface area contributed by atoms with Gasteiger partial charge in [-0.1, -0.05) is 0 Å². The molecule has 0 radical (unpaired) electrons. The standard InChI is InChI=1S/C10H11ClSe/c1-9(11)7-8-12-10-5-3-2-4-6-10/h2-7H,8H2,1H3. The molecule has 1 aromatic rings. The monoisotopic (exact) mass is 246 g/mol. The van der Waals surface area contributed by atoms with Gasteiger partial charge >= 0.3 is 84.7 Å². The molecule has 1 aromatic carbocycles. The Kier molecular flexibility index (Phi) is 4.45. The first-order valence-corrected chi connectivity index (χ1v) is 6.24. The zero-order chi connectivity index (χ0) is 8.81. The van der Waals surface area contributed by atoms with Crippen LogP contribution in [0.15, 0.2) is 41.4 Å². The van der Waals surface area contributed by atoms with Crippen molar-refractivity contribution < 1.29 is 0 Å². The van der Waals surface area contributed by atoms with E-state index in [0.29, 0.717) is 15.0 Å². The van der Waals surface area contributed by atoms with Crippen molar-refractivity contribution in [2.24, 2.45) is 0 Å². The molecule has 0 fully saturated rings. The summed E-state index contributed by atoms with van der Waals surface area (Å²) in [6.07, 6.45) is 2.08. The fourth-order valence-corrected chi connectivity index (χ4v) is 2.89. The zero-order valence-corrected chi connectivity index (χ0v) is 9.43. The molecule has 0 aliphatic carbocycles. The first-order chi connectivity index (χ1) is 5.79. The zero-order valence-electron chi connectivity index (χ0n) is 6.96. The fraction of sp³-hybridized carbons (Fsp3) is 0.200. The predicted octanol–water partition coefficient (Wildman–Crippen LogP) is 2.58. The van der Waals surface area contributed by atoms with E-state index in [1.807, 2.05) is 13.0 Å². The van der Waals surface area contributed by atoms with Crippen LogP contribution in [-0.2, 0) is 0 Å². The number of allylic oxidation sites excluding steroid dienone is 2. The molecule has 64 valence electrons. The molecule has 12 heavy (non-hydrogen) atoms. The normalized spacial score (nSPS) is 11.7. The van der Waals surface area contributed by atoms with Gasteiger partial charge in [0.15, 0.2) is 0 Å². The minimum atomic E-state index is 0.539. The van der Waals surface area contributed by atoms with E-state index >= 15 is 0 Å². The quantitative estimate of drug-likeness (QED) is 0.718. The van der Waals surface area contributed by atoms with E-state index in [4.69, 9.17) is 11.6 Å². The maximum atomic E-state index is 5.72. The molecule has 0 amide bonds. The fourth-order valence-electron chi connectivity index (χ4n) is 0.769. The summed E-state index contributed by atoms with van der Waals surface area (Å²) in [4.78, 5) is 0. The van der Waals surface area contributed by atoms with Gasteiger partial charge in [-0.3, -0.25) is 0 Å². The Bertz CT molecular complexity index is 250. The Morgan fingerprint density at radius 1 is 1.42 bits per heavy atom. The summed E-state index contributed by atoms with van der Waals surface area (Å²) < 4.78 is 1.43. The average molecular weight is 246 g/mol. The van der Waals surface area contributed by atoms with Gasteiger partial charge in [0.25, 0.3) is 0 Å². The topological polar surface area (TPSA) is 0 Å². The van der Waals surface area contributed by atoms with Crippen LogP contribution in [0.2, 0.25) is 5.32 Å². The van der Waals surface area contributed by atoms with E-state index in [9.17, 15) is 0 Å². The Balaban J connectivity index is 2.39. The molecule has 0 heterocycles. The van der Waals surface area contributed by atoms with Crippen molar-refractivity contribution in [2.45, 2.75) is 12.2 Å². The van der Waals surface area contributed by atoms with Crippen LogP contribution in [0.3, 0.4) is 0 Å². The van der Waals surface area contributed by atoms with Crippen LogP contribution in [0.1, 0.15) is 6.92 Å². The predicted molar refractivity (Wildman–Crippen MR) is 56.2 cm³/mol. The third-order valence-corrected chi connectivity index (χ3v) is 3.48. The van der Waals surface area contributed by atoms with E-state index in [1.54, 1.807) is 0 Å². The SMILES string of the molecule is CC(Cl)=CC[Se]c1ccccc1. The van der Waals surface area contributed by atoms with Crippen molar-refractivity contribution in [3.8, 4) is 0 Å². The summed E-state index contributed by atoms with van der Waals surface area (Å²) in [6, 6.07) is 10.5. The van der Waals surface area contributed by atoms with Crippen molar-refractivity contribution in [1.82, 2.24) is 0 Å². The van der Waals surface area contributed by atoms with Crippen LogP contribution < -0.4 is 4.46 Å². The van der Waals surface area contributed by atoms with Crippen LogP contribution in [0.4, 0.5) is 0 Å². The van der Waals surface area contributed by atoms with Gasteiger partial charge in [0.2, 0.25) is 0 Å². The van der Waals surface area contributed by atoms with Crippen molar-refractivity contribution >= 4 is 31.0 Å². The Morgan fingerprint density at radius 3 is 2.67 bits per heavy atom. The van der Waals surface area contributed by atoms with Gasteiger partial charge in [-0.15, -0.1) is 0 Å². The van der Waals surface area contributed by atoms with Crippen molar-refractivity contribution in [2.75, 3.05) is 0 Å². The van der Waals surface area contributed by atoms with Crippen LogP contribution in [0.5, 0.6) is 0 Å². The summed E-state index contributed by atoms with van der Waals surface area (Å²) in [5.41, 5.74) is 0. The summed E-state index contributed by atoms with van der Waals surface area (Å²) in [6.45, 7) is 1.92. The first-order valence-electron chi connectivity index (χ1n) is 3.79. The Morgan fingerprint density at radius 2 is 2.08 bits per heavy atom. The minimum absolute atomic E-state index is 0.539. The van der Waals surface area contributed by atoms with Gasteiger partial charge in [-0.2, -0.15) is 0 Å². The van der Waals surface area contributed by atoms with Gasteiger partial charge < -0.3 is 0 Å². The number of halogens is 1. The second-order valence-electron chi connectivity index (χ2n) is 2.41. The van der Waals surface area contributed by atoms with Gasteiger partial charge in [-0.25, -0.2) is 0 Å². The average Bonchev–Trinajstić information content (AvgIpc) is 2.05. The van der Waals surface area contributed by atoms with Crippen LogP contribution in [-0.4, -0.2) is 15.0 Å². The van der Waals surface area contributed by atoms with E-state index in [2.05, 4.69) is 30.3 Å². The molecule has 0 spiro atoms. The maximum absolute atomic E-state index is 5.72. The molecule has 0 aliphatic heterocycles. The molecule has 0 saturated heterocycles. The molecule has 0 unspecified atom stereocenters. The van der Waals surface area contributed by atoms with Crippen LogP contribution >= 0.6 is 11.6 Å². The van der Waals surface area contributed by atoms with Gasteiger partial charge in [-0.05, 0) is 0 Å². The van der Waals surface area contributed by atoms with Crippen molar-refractivity contribution in [1.29, 1.82) is 0 Å². The summed E-state index contributed by atoms with van der Waals surface area (Å²) in [5.74, 6) is 0. The molecule has 2 heteroatoms. The van der Waals surface area contributed by atoms with E-state index in [1.165, 1.54) is 4.46 Å². The summed E-state index contributed by atoms with van der Waals surface area (Å²) >= 11 is 6.25. The molecular weight excluding hydrogens is 235 g/mol. The molecule has 0 bridgehead atoms. The second-order valence-corrected chi connectivity index (χ2v) is 5.31. The van der Waals surface area contributed by atoms with Gasteiger partial charge in [0, 0.05) is 0 Å². The van der Waals surface area contributed by atoms with E-state index in [0.717, 1.165) is 10.4 Å². The molecule has 0 aliphatic rings. The molecule has 0 N–H and O–H groups in total. The first kappa shape index (κ1) is 9.85. The number of benzene rings is 1. The van der Waals surface area contributed by atoms with E-state index in [-0.39, 0.29) is 0 Å². The van der Waals surface area contributed by atoms with Crippen LogP contribution in [0, 0.1) is 0 Å². The molecular formula is C10H11ClSe. The second kappa shape index (κ2) is 5.42. The Labute approximate surface area is 84.8 Å². The van der Waals surface area contributed by atoms with Crippen molar-refractivity contribution in [3.05, 3.63) is 41.4 Å². The third-order valence-electron chi connectivity index (χ3n) is 1.36. The van der Waals surface area contributed by atoms with Gasteiger partial charge in [0.05, 0.1) is 0 Å². The third kappa shape index (κ3) is 3.96. The van der Waals surface area contributed by atoms with Gasteiger partial charge in [0.1, 0.15) is 0 Å². The number of rotatable bonds is 3. The molecule has 0 aromatic heterocycles. The molecule has 1 rings (SSSR count). The number of hydrogen-bond donors (Lipinski definition) is 0.